The number of carbonyl (C=O) groups is 1. The van der Waals surface area contributed by atoms with Gasteiger partial charge in [-0.3, -0.25) is 4.79 Å². The minimum atomic E-state index is -0.804. The van der Waals surface area contributed by atoms with E-state index >= 15 is 0 Å². The molecule has 0 saturated heterocycles. The van der Waals surface area contributed by atoms with Gasteiger partial charge >= 0.3 is 5.97 Å². The highest BCUT2D eigenvalue weighted by Crippen LogP contribution is 2.27. The predicted octanol–water partition coefficient (Wildman–Crippen LogP) is 1.86. The summed E-state index contributed by atoms with van der Waals surface area (Å²) < 4.78 is 5.45. The molecule has 82 valence electrons. The first-order valence-electron chi connectivity index (χ1n) is 5.19. The van der Waals surface area contributed by atoms with Crippen molar-refractivity contribution in [2.24, 2.45) is 0 Å². The number of furan rings is 1. The van der Waals surface area contributed by atoms with Crippen molar-refractivity contribution in [1.82, 2.24) is 5.32 Å². The Morgan fingerprint density at radius 1 is 1.67 bits per heavy atom. The molecule has 0 radical (unpaired) electrons. The van der Waals surface area contributed by atoms with E-state index in [1.807, 2.05) is 19.1 Å². The maximum absolute atomic E-state index is 10.7. The van der Waals surface area contributed by atoms with Crippen LogP contribution < -0.4 is 5.32 Å². The van der Waals surface area contributed by atoms with Crippen LogP contribution in [-0.2, 0) is 4.79 Å². The normalized spacial score (nSPS) is 17.7. The van der Waals surface area contributed by atoms with Crippen molar-refractivity contribution in [3.8, 4) is 0 Å². The molecule has 0 aromatic carbocycles. The first-order valence-corrected chi connectivity index (χ1v) is 5.19. The van der Waals surface area contributed by atoms with Gasteiger partial charge in [-0.2, -0.15) is 0 Å². The number of aryl methyl sites for hydroxylation is 1. The summed E-state index contributed by atoms with van der Waals surface area (Å²) in [6.07, 6.45) is 2.34. The van der Waals surface area contributed by atoms with Crippen LogP contribution in [0.5, 0.6) is 0 Å². The molecule has 1 saturated carbocycles. The number of rotatable bonds is 5. The number of carboxylic acids is 1. The van der Waals surface area contributed by atoms with Crippen LogP contribution in [0.1, 0.15) is 36.8 Å². The minimum absolute atomic E-state index is 0.0729. The summed E-state index contributed by atoms with van der Waals surface area (Å²) in [4.78, 5) is 10.7. The quantitative estimate of drug-likeness (QED) is 0.777. The number of carboxylic acid groups (broad SMARTS) is 1. The highest BCUT2D eigenvalue weighted by molar-refractivity contribution is 5.67. The standard InChI is InChI=1S/C11H15NO3/c1-7-2-5-10(15-7)9(6-11(13)14)12-8-3-4-8/h2,5,8-9,12H,3-4,6H2,1H3,(H,13,14). The summed E-state index contributed by atoms with van der Waals surface area (Å²) in [5.74, 6) is 0.738. The zero-order valence-electron chi connectivity index (χ0n) is 8.69. The first kappa shape index (κ1) is 10.2. The fourth-order valence-corrected chi connectivity index (χ4v) is 1.59. The average molecular weight is 209 g/mol. The van der Waals surface area contributed by atoms with Crippen LogP contribution in [0.15, 0.2) is 16.5 Å². The lowest BCUT2D eigenvalue weighted by Crippen LogP contribution is -2.25. The molecule has 1 unspecified atom stereocenters. The molecule has 0 aliphatic heterocycles. The predicted molar refractivity (Wildman–Crippen MR) is 54.6 cm³/mol. The second-order valence-electron chi connectivity index (χ2n) is 4.04. The molecule has 2 rings (SSSR count). The highest BCUT2D eigenvalue weighted by atomic mass is 16.4. The van der Waals surface area contributed by atoms with E-state index in [0.717, 1.165) is 24.4 Å². The third-order valence-electron chi connectivity index (χ3n) is 2.50. The third kappa shape index (κ3) is 2.83. The molecule has 1 aliphatic rings. The van der Waals surface area contributed by atoms with Crippen molar-refractivity contribution in [2.45, 2.75) is 38.3 Å². The Kier molecular flexibility index (Phi) is 2.77. The van der Waals surface area contributed by atoms with Gasteiger partial charge in [0.2, 0.25) is 0 Å². The topological polar surface area (TPSA) is 62.5 Å². The van der Waals surface area contributed by atoms with Crippen LogP contribution >= 0.6 is 0 Å². The summed E-state index contributed by atoms with van der Waals surface area (Å²) in [6, 6.07) is 3.99. The Bertz CT molecular complexity index is 354. The average Bonchev–Trinajstić information content (AvgIpc) is 2.85. The molecule has 4 nitrogen and oxygen atoms in total. The Morgan fingerprint density at radius 3 is 2.87 bits per heavy atom. The molecule has 1 aromatic rings. The van der Waals surface area contributed by atoms with Crippen LogP contribution in [0.3, 0.4) is 0 Å². The molecule has 0 bridgehead atoms. The van der Waals surface area contributed by atoms with Gasteiger partial charge < -0.3 is 14.8 Å². The molecule has 1 fully saturated rings. The minimum Gasteiger partial charge on any atom is -0.481 e. The molecule has 2 N–H and O–H groups in total. The summed E-state index contributed by atoms with van der Waals surface area (Å²) in [5, 5.41) is 12.1. The summed E-state index contributed by atoms with van der Waals surface area (Å²) in [7, 11) is 0. The van der Waals surface area contributed by atoms with Crippen LogP contribution in [0.4, 0.5) is 0 Å². The fourth-order valence-electron chi connectivity index (χ4n) is 1.59. The molecule has 0 spiro atoms. The van der Waals surface area contributed by atoms with E-state index < -0.39 is 5.97 Å². The SMILES string of the molecule is Cc1ccc(C(CC(=O)O)NC2CC2)o1. The van der Waals surface area contributed by atoms with Crippen LogP contribution in [-0.4, -0.2) is 17.1 Å². The summed E-state index contributed by atoms with van der Waals surface area (Å²) in [6.45, 7) is 1.86. The lowest BCUT2D eigenvalue weighted by molar-refractivity contribution is -0.137. The number of aliphatic carboxylic acids is 1. The number of hydrogen-bond donors (Lipinski definition) is 2. The number of hydrogen-bond acceptors (Lipinski definition) is 3. The maximum atomic E-state index is 10.7. The van der Waals surface area contributed by atoms with Crippen LogP contribution in [0.2, 0.25) is 0 Å². The monoisotopic (exact) mass is 209 g/mol. The van der Waals surface area contributed by atoms with E-state index in [1.54, 1.807) is 0 Å². The van der Waals surface area contributed by atoms with Crippen LogP contribution in [0.25, 0.3) is 0 Å². The molecule has 0 amide bonds. The van der Waals surface area contributed by atoms with E-state index in [9.17, 15) is 4.79 Å². The molecule has 1 aliphatic carbocycles. The van der Waals surface area contributed by atoms with Gasteiger partial charge in [0.05, 0.1) is 12.5 Å². The molecule has 1 aromatic heterocycles. The Labute approximate surface area is 88.3 Å². The second kappa shape index (κ2) is 4.06. The smallest absolute Gasteiger partial charge is 0.305 e. The van der Waals surface area contributed by atoms with E-state index in [4.69, 9.17) is 9.52 Å². The van der Waals surface area contributed by atoms with E-state index in [0.29, 0.717) is 6.04 Å². The first-order chi connectivity index (χ1) is 7.15. The molecular formula is C11H15NO3. The summed E-state index contributed by atoms with van der Waals surface area (Å²) in [5.41, 5.74) is 0. The molecular weight excluding hydrogens is 194 g/mol. The van der Waals surface area contributed by atoms with E-state index in [1.165, 1.54) is 0 Å². The Hall–Kier alpha value is -1.29. The molecule has 1 heterocycles. The molecule has 4 heteroatoms. The van der Waals surface area contributed by atoms with Crippen molar-refractivity contribution >= 4 is 5.97 Å². The van der Waals surface area contributed by atoms with E-state index in [-0.39, 0.29) is 12.5 Å². The maximum Gasteiger partial charge on any atom is 0.305 e. The van der Waals surface area contributed by atoms with Gasteiger partial charge in [-0.05, 0) is 31.9 Å². The lowest BCUT2D eigenvalue weighted by atomic mass is 10.1. The van der Waals surface area contributed by atoms with Gasteiger partial charge in [-0.25, -0.2) is 0 Å². The largest absolute Gasteiger partial charge is 0.481 e. The van der Waals surface area contributed by atoms with Crippen LogP contribution in [0, 0.1) is 6.92 Å². The van der Waals surface area contributed by atoms with Crippen molar-refractivity contribution < 1.29 is 14.3 Å². The fraction of sp³-hybridized carbons (Fsp3) is 0.545. The van der Waals surface area contributed by atoms with Crippen molar-refractivity contribution in [3.63, 3.8) is 0 Å². The van der Waals surface area contributed by atoms with Gasteiger partial charge in [0.25, 0.3) is 0 Å². The highest BCUT2D eigenvalue weighted by Gasteiger charge is 2.28. The van der Waals surface area contributed by atoms with Gasteiger partial charge in [0.15, 0.2) is 0 Å². The summed E-state index contributed by atoms with van der Waals surface area (Å²) >= 11 is 0. The Balaban J connectivity index is 2.05. The van der Waals surface area contributed by atoms with Crippen molar-refractivity contribution in [2.75, 3.05) is 0 Å². The van der Waals surface area contributed by atoms with Gasteiger partial charge in [-0.1, -0.05) is 0 Å². The van der Waals surface area contributed by atoms with Crippen molar-refractivity contribution in [3.05, 3.63) is 23.7 Å². The number of nitrogens with one attached hydrogen (secondary N) is 1. The molecule has 1 atom stereocenters. The second-order valence-corrected chi connectivity index (χ2v) is 4.04. The lowest BCUT2D eigenvalue weighted by Gasteiger charge is -2.13. The molecule has 15 heavy (non-hydrogen) atoms. The zero-order valence-corrected chi connectivity index (χ0v) is 8.69. The Morgan fingerprint density at radius 2 is 2.40 bits per heavy atom. The van der Waals surface area contributed by atoms with E-state index in [2.05, 4.69) is 5.32 Å². The zero-order chi connectivity index (χ0) is 10.8. The van der Waals surface area contributed by atoms with Gasteiger partial charge in [-0.15, -0.1) is 0 Å². The van der Waals surface area contributed by atoms with Gasteiger partial charge in [0.1, 0.15) is 11.5 Å². The van der Waals surface area contributed by atoms with Gasteiger partial charge in [0, 0.05) is 6.04 Å². The third-order valence-corrected chi connectivity index (χ3v) is 2.50. The van der Waals surface area contributed by atoms with Crippen molar-refractivity contribution in [1.29, 1.82) is 0 Å².